The molecule has 0 aromatic rings. The van der Waals surface area contributed by atoms with Gasteiger partial charge in [0.15, 0.2) is 0 Å². The molecular formula is C13H26N2O3. The van der Waals surface area contributed by atoms with Crippen LogP contribution in [0, 0.1) is 5.41 Å². The molecule has 3 atom stereocenters. The second kappa shape index (κ2) is 5.15. The Morgan fingerprint density at radius 1 is 1.61 bits per heavy atom. The monoisotopic (exact) mass is 258 g/mol. The molecule has 0 aromatic heterocycles. The van der Waals surface area contributed by atoms with Gasteiger partial charge in [-0.3, -0.25) is 4.79 Å². The van der Waals surface area contributed by atoms with E-state index in [1.54, 1.807) is 14.0 Å². The fraction of sp³-hybridized carbons (Fsp3) is 0.923. The molecule has 1 amide bonds. The van der Waals surface area contributed by atoms with Crippen molar-refractivity contribution >= 4 is 5.91 Å². The molecule has 3 N–H and O–H groups in total. The second-order valence-electron chi connectivity index (χ2n) is 5.88. The summed E-state index contributed by atoms with van der Waals surface area (Å²) >= 11 is 0. The van der Waals surface area contributed by atoms with E-state index in [0.29, 0.717) is 19.6 Å². The lowest BCUT2D eigenvalue weighted by Gasteiger charge is -2.58. The molecule has 1 rings (SSSR count). The first kappa shape index (κ1) is 15.4. The predicted molar refractivity (Wildman–Crippen MR) is 70.0 cm³/mol. The van der Waals surface area contributed by atoms with Crippen LogP contribution < -0.4 is 5.73 Å². The standard InChI is InChI=1S/C13H26N2O3/c1-6-18-10-7-13(14,12(10,3)4)11(17)15(5)8-9(2)16/h9-10,16H,6-8,14H2,1-5H3. The van der Waals surface area contributed by atoms with Crippen molar-refractivity contribution < 1.29 is 14.6 Å². The molecule has 0 radical (unpaired) electrons. The van der Waals surface area contributed by atoms with Crippen LogP contribution in [0.25, 0.3) is 0 Å². The molecular weight excluding hydrogens is 232 g/mol. The van der Waals surface area contributed by atoms with Crippen LogP contribution in [0.15, 0.2) is 0 Å². The molecule has 106 valence electrons. The molecule has 5 nitrogen and oxygen atoms in total. The van der Waals surface area contributed by atoms with E-state index in [1.165, 1.54) is 4.90 Å². The average Bonchev–Trinajstić information content (AvgIpc) is 2.26. The molecule has 0 heterocycles. The number of carbonyl (C=O) groups excluding carboxylic acids is 1. The number of hydrogen-bond donors (Lipinski definition) is 2. The SMILES string of the molecule is CCOC1CC(N)(C(=O)N(C)CC(C)O)C1(C)C. The quantitative estimate of drug-likeness (QED) is 0.746. The highest BCUT2D eigenvalue weighted by molar-refractivity contribution is 5.88. The lowest BCUT2D eigenvalue weighted by atomic mass is 9.54. The molecule has 0 bridgehead atoms. The molecule has 1 fully saturated rings. The Hall–Kier alpha value is -0.650. The highest BCUT2D eigenvalue weighted by Crippen LogP contribution is 2.50. The van der Waals surface area contributed by atoms with Gasteiger partial charge in [0.1, 0.15) is 5.54 Å². The third-order valence-corrected chi connectivity index (χ3v) is 4.10. The predicted octanol–water partition coefficient (Wildman–Crippen LogP) is 0.358. The largest absolute Gasteiger partial charge is 0.392 e. The van der Waals surface area contributed by atoms with E-state index in [1.807, 2.05) is 20.8 Å². The summed E-state index contributed by atoms with van der Waals surface area (Å²) < 4.78 is 5.60. The molecule has 3 unspecified atom stereocenters. The summed E-state index contributed by atoms with van der Waals surface area (Å²) in [6.07, 6.45) is 0.0152. The maximum Gasteiger partial charge on any atom is 0.243 e. The Kier molecular flexibility index (Phi) is 4.41. The number of nitrogens with zero attached hydrogens (tertiary/aromatic N) is 1. The number of aliphatic hydroxyl groups is 1. The molecule has 1 aliphatic carbocycles. The number of carbonyl (C=O) groups is 1. The van der Waals surface area contributed by atoms with Gasteiger partial charge in [0.2, 0.25) is 5.91 Å². The highest BCUT2D eigenvalue weighted by Gasteiger charge is 2.63. The molecule has 1 aliphatic rings. The average molecular weight is 258 g/mol. The number of rotatable bonds is 5. The smallest absolute Gasteiger partial charge is 0.243 e. The normalized spacial score (nSPS) is 31.6. The second-order valence-corrected chi connectivity index (χ2v) is 5.88. The van der Waals surface area contributed by atoms with Crippen LogP contribution in [0.4, 0.5) is 0 Å². The molecule has 0 aromatic carbocycles. The Morgan fingerprint density at radius 3 is 2.56 bits per heavy atom. The van der Waals surface area contributed by atoms with Gasteiger partial charge in [0.25, 0.3) is 0 Å². The third-order valence-electron chi connectivity index (χ3n) is 4.10. The van der Waals surface area contributed by atoms with Crippen molar-refractivity contribution in [3.63, 3.8) is 0 Å². The van der Waals surface area contributed by atoms with E-state index in [4.69, 9.17) is 10.5 Å². The van der Waals surface area contributed by atoms with Crippen LogP contribution in [-0.4, -0.2) is 53.9 Å². The first-order valence-corrected chi connectivity index (χ1v) is 6.51. The maximum atomic E-state index is 12.4. The maximum absolute atomic E-state index is 12.4. The number of ether oxygens (including phenoxy) is 1. The van der Waals surface area contributed by atoms with Crippen LogP contribution in [0.1, 0.15) is 34.1 Å². The summed E-state index contributed by atoms with van der Waals surface area (Å²) in [5.41, 5.74) is 4.99. The minimum atomic E-state index is -0.892. The Morgan fingerprint density at radius 2 is 2.17 bits per heavy atom. The van der Waals surface area contributed by atoms with E-state index in [0.717, 1.165) is 0 Å². The summed E-state index contributed by atoms with van der Waals surface area (Å²) in [6.45, 7) is 8.45. The molecule has 0 saturated heterocycles. The van der Waals surface area contributed by atoms with Crippen molar-refractivity contribution in [2.75, 3.05) is 20.2 Å². The molecule has 0 spiro atoms. The van der Waals surface area contributed by atoms with Gasteiger partial charge in [-0.05, 0) is 13.8 Å². The number of hydrogen-bond acceptors (Lipinski definition) is 4. The van der Waals surface area contributed by atoms with E-state index >= 15 is 0 Å². The van der Waals surface area contributed by atoms with E-state index in [-0.39, 0.29) is 17.4 Å². The van der Waals surface area contributed by atoms with Gasteiger partial charge < -0.3 is 20.5 Å². The zero-order chi connectivity index (χ0) is 14.1. The molecule has 18 heavy (non-hydrogen) atoms. The van der Waals surface area contributed by atoms with Gasteiger partial charge in [0.05, 0.1) is 12.2 Å². The van der Waals surface area contributed by atoms with Crippen molar-refractivity contribution in [3.05, 3.63) is 0 Å². The zero-order valence-corrected chi connectivity index (χ0v) is 12.1. The van der Waals surface area contributed by atoms with Crippen molar-refractivity contribution in [3.8, 4) is 0 Å². The van der Waals surface area contributed by atoms with Crippen molar-refractivity contribution in [2.45, 2.75) is 51.9 Å². The lowest BCUT2D eigenvalue weighted by Crippen LogP contribution is -2.76. The fourth-order valence-corrected chi connectivity index (χ4v) is 2.62. The molecule has 5 heteroatoms. The van der Waals surface area contributed by atoms with Crippen LogP contribution in [-0.2, 0) is 9.53 Å². The first-order valence-electron chi connectivity index (χ1n) is 6.51. The number of amides is 1. The van der Waals surface area contributed by atoms with Crippen LogP contribution in [0.5, 0.6) is 0 Å². The highest BCUT2D eigenvalue weighted by atomic mass is 16.5. The van der Waals surface area contributed by atoms with Gasteiger partial charge >= 0.3 is 0 Å². The minimum Gasteiger partial charge on any atom is -0.392 e. The summed E-state index contributed by atoms with van der Waals surface area (Å²) in [4.78, 5) is 13.9. The van der Waals surface area contributed by atoms with Gasteiger partial charge in [0, 0.05) is 32.0 Å². The topological polar surface area (TPSA) is 75.8 Å². The van der Waals surface area contributed by atoms with Crippen molar-refractivity contribution in [1.29, 1.82) is 0 Å². The molecule has 1 saturated carbocycles. The third kappa shape index (κ3) is 2.39. The fourth-order valence-electron chi connectivity index (χ4n) is 2.62. The minimum absolute atomic E-state index is 0.0244. The Labute approximate surface area is 109 Å². The van der Waals surface area contributed by atoms with E-state index in [9.17, 15) is 9.90 Å². The number of aliphatic hydroxyl groups excluding tert-OH is 1. The number of nitrogens with two attached hydrogens (primary N) is 1. The Bertz CT molecular complexity index is 317. The first-order chi connectivity index (χ1) is 8.16. The molecule has 0 aliphatic heterocycles. The van der Waals surface area contributed by atoms with Gasteiger partial charge in [-0.2, -0.15) is 0 Å². The van der Waals surface area contributed by atoms with Gasteiger partial charge in [-0.1, -0.05) is 13.8 Å². The van der Waals surface area contributed by atoms with Gasteiger partial charge in [-0.25, -0.2) is 0 Å². The number of likely N-dealkylation sites (N-methyl/N-ethyl adjacent to an activating group) is 1. The summed E-state index contributed by atoms with van der Waals surface area (Å²) in [5, 5.41) is 9.34. The lowest BCUT2D eigenvalue weighted by molar-refractivity contribution is -0.179. The summed E-state index contributed by atoms with van der Waals surface area (Å²) in [6, 6.07) is 0. The van der Waals surface area contributed by atoms with Gasteiger partial charge in [-0.15, -0.1) is 0 Å². The van der Waals surface area contributed by atoms with E-state index < -0.39 is 11.6 Å². The van der Waals surface area contributed by atoms with Crippen LogP contribution in [0.3, 0.4) is 0 Å². The van der Waals surface area contributed by atoms with E-state index in [2.05, 4.69) is 0 Å². The van der Waals surface area contributed by atoms with Crippen molar-refractivity contribution in [2.24, 2.45) is 11.1 Å². The van der Waals surface area contributed by atoms with Crippen LogP contribution in [0.2, 0.25) is 0 Å². The summed E-state index contributed by atoms with van der Waals surface area (Å²) in [7, 11) is 1.67. The zero-order valence-electron chi connectivity index (χ0n) is 12.1. The van der Waals surface area contributed by atoms with Crippen molar-refractivity contribution in [1.82, 2.24) is 4.90 Å². The Balaban J connectivity index is 2.74. The van der Waals surface area contributed by atoms with Crippen LogP contribution >= 0.6 is 0 Å². The summed E-state index contributed by atoms with van der Waals surface area (Å²) in [5.74, 6) is -0.121.